The maximum Gasteiger partial charge on any atom is 0.417 e. The van der Waals surface area contributed by atoms with Gasteiger partial charge in [-0.25, -0.2) is 12.8 Å². The number of piperidine rings is 1. The number of halogens is 4. The van der Waals surface area contributed by atoms with E-state index in [2.05, 4.69) is 0 Å². The first kappa shape index (κ1) is 16.2. The molecule has 0 unspecified atom stereocenters. The van der Waals surface area contributed by atoms with Crippen molar-refractivity contribution >= 4 is 10.0 Å². The van der Waals surface area contributed by atoms with Gasteiger partial charge >= 0.3 is 6.18 Å². The van der Waals surface area contributed by atoms with E-state index in [1.807, 2.05) is 0 Å². The number of benzene rings is 1. The smallest absolute Gasteiger partial charge is 0.393 e. The highest BCUT2D eigenvalue weighted by Crippen LogP contribution is 2.36. The fourth-order valence-corrected chi connectivity index (χ4v) is 3.83. The Labute approximate surface area is 119 Å². The number of nitrogens with zero attached hydrogens (tertiary/aromatic N) is 1. The molecular formula is C12H13F4NO3S. The molecule has 1 fully saturated rings. The van der Waals surface area contributed by atoms with E-state index >= 15 is 0 Å². The fraction of sp³-hybridized carbons (Fsp3) is 0.500. The van der Waals surface area contributed by atoms with Crippen molar-refractivity contribution in [3.8, 4) is 0 Å². The Kier molecular flexibility index (Phi) is 4.27. The van der Waals surface area contributed by atoms with Crippen molar-refractivity contribution in [1.82, 2.24) is 4.31 Å². The highest BCUT2D eigenvalue weighted by molar-refractivity contribution is 7.89. The molecule has 0 aliphatic carbocycles. The number of hydrogen-bond donors (Lipinski definition) is 1. The van der Waals surface area contributed by atoms with E-state index in [1.165, 1.54) is 0 Å². The third-order valence-electron chi connectivity index (χ3n) is 3.29. The summed E-state index contributed by atoms with van der Waals surface area (Å²) >= 11 is 0. The van der Waals surface area contributed by atoms with Gasteiger partial charge in [0.25, 0.3) is 0 Å². The molecule has 0 amide bonds. The molecule has 1 aliphatic rings. The van der Waals surface area contributed by atoms with Crippen molar-refractivity contribution in [3.63, 3.8) is 0 Å². The van der Waals surface area contributed by atoms with Crippen LogP contribution in [0.25, 0.3) is 0 Å². The van der Waals surface area contributed by atoms with Crippen LogP contribution in [0.1, 0.15) is 18.4 Å². The number of sulfonamides is 1. The van der Waals surface area contributed by atoms with Gasteiger partial charge in [0.15, 0.2) is 0 Å². The van der Waals surface area contributed by atoms with Crippen molar-refractivity contribution in [1.29, 1.82) is 0 Å². The van der Waals surface area contributed by atoms with E-state index in [0.29, 0.717) is 12.1 Å². The molecule has 0 atom stereocenters. The summed E-state index contributed by atoms with van der Waals surface area (Å²) in [5.41, 5.74) is -1.52. The van der Waals surface area contributed by atoms with E-state index in [-0.39, 0.29) is 32.0 Å². The summed E-state index contributed by atoms with van der Waals surface area (Å²) in [5.74, 6) is -1.16. The summed E-state index contributed by atoms with van der Waals surface area (Å²) in [6.45, 7) is -0.143. The summed E-state index contributed by atoms with van der Waals surface area (Å²) in [6.07, 6.45) is -5.32. The van der Waals surface area contributed by atoms with E-state index in [4.69, 9.17) is 0 Å². The average Bonchev–Trinajstić information content (AvgIpc) is 2.38. The Balaban J connectivity index is 2.45. The maximum absolute atomic E-state index is 13.0. The standard InChI is InChI=1S/C12H13F4NO3S/c13-8-1-2-11(10(7-8)12(14,15)16)21(19,20)17-5-3-9(18)4-6-17/h1-2,7,9,18H,3-6H2. The summed E-state index contributed by atoms with van der Waals surface area (Å²) in [6, 6.07) is 1.48. The molecule has 21 heavy (non-hydrogen) atoms. The van der Waals surface area contributed by atoms with Crippen molar-refractivity contribution in [2.24, 2.45) is 0 Å². The third kappa shape index (κ3) is 3.35. The highest BCUT2D eigenvalue weighted by atomic mass is 32.2. The van der Waals surface area contributed by atoms with Crippen molar-refractivity contribution in [2.75, 3.05) is 13.1 Å². The minimum absolute atomic E-state index is 0.0713. The van der Waals surface area contributed by atoms with Gasteiger partial charge in [-0.3, -0.25) is 0 Å². The lowest BCUT2D eigenvalue weighted by molar-refractivity contribution is -0.140. The van der Waals surface area contributed by atoms with Gasteiger partial charge in [0.1, 0.15) is 5.82 Å². The lowest BCUT2D eigenvalue weighted by atomic mass is 10.1. The van der Waals surface area contributed by atoms with Gasteiger partial charge in [-0.15, -0.1) is 0 Å². The second-order valence-electron chi connectivity index (χ2n) is 4.77. The largest absolute Gasteiger partial charge is 0.417 e. The quantitative estimate of drug-likeness (QED) is 0.845. The molecule has 1 aliphatic heterocycles. The minimum Gasteiger partial charge on any atom is -0.393 e. The number of alkyl halides is 3. The number of rotatable bonds is 2. The lowest BCUT2D eigenvalue weighted by Crippen LogP contribution is -2.40. The van der Waals surface area contributed by atoms with Crippen molar-refractivity contribution in [3.05, 3.63) is 29.6 Å². The van der Waals surface area contributed by atoms with Gasteiger partial charge < -0.3 is 5.11 Å². The summed E-state index contributed by atoms with van der Waals surface area (Å²) in [7, 11) is -4.38. The van der Waals surface area contributed by atoms with Crippen LogP contribution in [-0.2, 0) is 16.2 Å². The average molecular weight is 327 g/mol. The Morgan fingerprint density at radius 1 is 1.19 bits per heavy atom. The third-order valence-corrected chi connectivity index (χ3v) is 5.25. The molecule has 4 nitrogen and oxygen atoms in total. The van der Waals surface area contributed by atoms with Crippen LogP contribution in [0.4, 0.5) is 17.6 Å². The van der Waals surface area contributed by atoms with Crippen LogP contribution in [-0.4, -0.2) is 37.0 Å². The van der Waals surface area contributed by atoms with Crippen LogP contribution in [0.15, 0.2) is 23.1 Å². The topological polar surface area (TPSA) is 57.6 Å². The predicted octanol–water partition coefficient (Wildman–Crippen LogP) is 1.99. The zero-order valence-electron chi connectivity index (χ0n) is 10.8. The molecular weight excluding hydrogens is 314 g/mol. The van der Waals surface area contributed by atoms with Gasteiger partial charge in [0.05, 0.1) is 16.6 Å². The minimum atomic E-state index is -4.97. The van der Waals surface area contributed by atoms with Crippen molar-refractivity contribution in [2.45, 2.75) is 30.0 Å². The molecule has 1 saturated heterocycles. The lowest BCUT2D eigenvalue weighted by Gasteiger charge is -2.29. The highest BCUT2D eigenvalue weighted by Gasteiger charge is 2.40. The number of aliphatic hydroxyl groups is 1. The number of aliphatic hydroxyl groups excluding tert-OH is 1. The summed E-state index contributed by atoms with van der Waals surface area (Å²) < 4.78 is 77.2. The van der Waals surface area contributed by atoms with Crippen LogP contribution in [0.2, 0.25) is 0 Å². The monoisotopic (exact) mass is 327 g/mol. The molecule has 1 N–H and O–H groups in total. The molecule has 118 valence electrons. The molecule has 1 heterocycles. The molecule has 9 heteroatoms. The normalized spacial score (nSPS) is 18.9. The van der Waals surface area contributed by atoms with Gasteiger partial charge in [-0.1, -0.05) is 0 Å². The molecule has 0 saturated carbocycles. The van der Waals surface area contributed by atoms with Gasteiger partial charge in [0, 0.05) is 13.1 Å². The number of hydrogen-bond acceptors (Lipinski definition) is 3. The van der Waals surface area contributed by atoms with E-state index in [0.717, 1.165) is 4.31 Å². The Morgan fingerprint density at radius 3 is 2.29 bits per heavy atom. The molecule has 1 aromatic rings. The van der Waals surface area contributed by atoms with Crippen LogP contribution >= 0.6 is 0 Å². The van der Waals surface area contributed by atoms with Crippen LogP contribution in [0.5, 0.6) is 0 Å². The van der Waals surface area contributed by atoms with Gasteiger partial charge in [-0.05, 0) is 31.0 Å². The maximum atomic E-state index is 13.0. The molecule has 0 radical (unpaired) electrons. The summed E-state index contributed by atoms with van der Waals surface area (Å²) in [4.78, 5) is -0.965. The first-order valence-electron chi connectivity index (χ1n) is 6.17. The Hall–Kier alpha value is -1.19. The zero-order chi connectivity index (χ0) is 15.8. The van der Waals surface area contributed by atoms with Gasteiger partial charge in [-0.2, -0.15) is 17.5 Å². The van der Waals surface area contributed by atoms with E-state index in [9.17, 15) is 31.1 Å². The fourth-order valence-electron chi connectivity index (χ4n) is 2.17. The van der Waals surface area contributed by atoms with E-state index < -0.39 is 38.6 Å². The molecule has 1 aromatic carbocycles. The Morgan fingerprint density at radius 2 is 1.76 bits per heavy atom. The summed E-state index contributed by atoms with van der Waals surface area (Å²) in [5, 5.41) is 9.33. The molecule has 2 rings (SSSR count). The molecule has 0 spiro atoms. The van der Waals surface area contributed by atoms with Crippen LogP contribution in [0.3, 0.4) is 0 Å². The second-order valence-corrected chi connectivity index (χ2v) is 6.68. The van der Waals surface area contributed by atoms with Gasteiger partial charge in [0.2, 0.25) is 10.0 Å². The van der Waals surface area contributed by atoms with Crippen molar-refractivity contribution < 1.29 is 31.1 Å². The molecule has 0 bridgehead atoms. The molecule has 0 aromatic heterocycles. The van der Waals surface area contributed by atoms with E-state index in [1.54, 1.807) is 0 Å². The first-order chi connectivity index (χ1) is 9.62. The van der Waals surface area contributed by atoms with Crippen LogP contribution in [0, 0.1) is 5.82 Å². The second kappa shape index (κ2) is 5.54. The predicted molar refractivity (Wildman–Crippen MR) is 65.4 cm³/mol. The SMILES string of the molecule is O=S(=O)(c1ccc(F)cc1C(F)(F)F)N1CCC(O)CC1. The van der Waals surface area contributed by atoms with Crippen LogP contribution < -0.4 is 0 Å². The zero-order valence-corrected chi connectivity index (χ0v) is 11.6. The first-order valence-corrected chi connectivity index (χ1v) is 7.61. The Bertz CT molecular complexity index is 622.